The van der Waals surface area contributed by atoms with Crippen molar-refractivity contribution in [2.45, 2.75) is 18.9 Å². The molecule has 1 aromatic rings. The molecule has 1 fully saturated rings. The van der Waals surface area contributed by atoms with Gasteiger partial charge in [0.1, 0.15) is 5.69 Å². The summed E-state index contributed by atoms with van der Waals surface area (Å²) in [6, 6.07) is 1.25. The molecule has 1 aliphatic rings. The van der Waals surface area contributed by atoms with Gasteiger partial charge in [-0.05, 0) is 12.8 Å². The standard InChI is InChI=1S/C12H17N3O5/c16-5-6-20-10-1-3-14(4-2-10)12(17)11-7-9(8-13-11)15(18)19/h7-8,10,13,16H,1-6H2. The Morgan fingerprint density at radius 1 is 1.55 bits per heavy atom. The number of H-pyrrole nitrogens is 1. The molecule has 1 amide bonds. The second kappa shape index (κ2) is 6.49. The first-order valence-corrected chi connectivity index (χ1v) is 6.46. The fraction of sp³-hybridized carbons (Fsp3) is 0.583. The summed E-state index contributed by atoms with van der Waals surface area (Å²) >= 11 is 0. The Kier molecular flexibility index (Phi) is 4.70. The molecule has 2 rings (SSSR count). The zero-order valence-corrected chi connectivity index (χ0v) is 10.9. The number of aliphatic hydroxyl groups excluding tert-OH is 1. The minimum atomic E-state index is -0.539. The maximum absolute atomic E-state index is 12.1. The quantitative estimate of drug-likeness (QED) is 0.605. The normalized spacial score (nSPS) is 16.4. The first-order valence-electron chi connectivity index (χ1n) is 6.46. The Labute approximate surface area is 115 Å². The van der Waals surface area contributed by atoms with Crippen molar-refractivity contribution in [1.29, 1.82) is 0 Å². The average molecular weight is 283 g/mol. The number of aromatic nitrogens is 1. The number of ether oxygens (including phenoxy) is 1. The molecule has 0 saturated carbocycles. The van der Waals surface area contributed by atoms with Gasteiger partial charge in [0.15, 0.2) is 0 Å². The van der Waals surface area contributed by atoms with E-state index in [1.54, 1.807) is 4.90 Å². The lowest BCUT2D eigenvalue weighted by atomic mass is 10.1. The molecule has 1 aliphatic heterocycles. The van der Waals surface area contributed by atoms with E-state index in [-0.39, 0.29) is 30.0 Å². The van der Waals surface area contributed by atoms with Crippen molar-refractivity contribution in [2.24, 2.45) is 0 Å². The van der Waals surface area contributed by atoms with E-state index >= 15 is 0 Å². The van der Waals surface area contributed by atoms with Gasteiger partial charge in [-0.1, -0.05) is 0 Å². The summed E-state index contributed by atoms with van der Waals surface area (Å²) in [5, 5.41) is 19.3. The van der Waals surface area contributed by atoms with E-state index in [9.17, 15) is 14.9 Å². The summed E-state index contributed by atoms with van der Waals surface area (Å²) < 4.78 is 5.42. The number of nitrogens with one attached hydrogen (secondary N) is 1. The highest BCUT2D eigenvalue weighted by Crippen LogP contribution is 2.18. The number of hydrogen-bond acceptors (Lipinski definition) is 5. The SMILES string of the molecule is O=C(c1cc([N+](=O)[O-])c[nH]1)N1CCC(OCCO)CC1. The number of nitrogens with zero attached hydrogens (tertiary/aromatic N) is 2. The van der Waals surface area contributed by atoms with E-state index in [1.165, 1.54) is 12.3 Å². The van der Waals surface area contributed by atoms with Gasteiger partial charge < -0.3 is 19.7 Å². The molecule has 1 saturated heterocycles. The van der Waals surface area contributed by atoms with Crippen LogP contribution in [0.15, 0.2) is 12.3 Å². The van der Waals surface area contributed by atoms with Crippen LogP contribution in [0.3, 0.4) is 0 Å². The van der Waals surface area contributed by atoms with Crippen LogP contribution in [0.2, 0.25) is 0 Å². The third-order valence-electron chi connectivity index (χ3n) is 3.28. The fourth-order valence-electron chi connectivity index (χ4n) is 2.23. The molecular formula is C12H17N3O5. The molecule has 0 unspecified atom stereocenters. The Morgan fingerprint density at radius 3 is 2.80 bits per heavy atom. The van der Waals surface area contributed by atoms with Crippen LogP contribution < -0.4 is 0 Å². The first kappa shape index (κ1) is 14.5. The second-order valence-corrected chi connectivity index (χ2v) is 4.61. The van der Waals surface area contributed by atoms with Gasteiger partial charge in [-0.2, -0.15) is 0 Å². The van der Waals surface area contributed by atoms with Crippen molar-refractivity contribution in [3.05, 3.63) is 28.1 Å². The Bertz CT molecular complexity index is 479. The van der Waals surface area contributed by atoms with Crippen LogP contribution >= 0.6 is 0 Å². The fourth-order valence-corrected chi connectivity index (χ4v) is 2.23. The van der Waals surface area contributed by atoms with E-state index in [1.807, 2.05) is 0 Å². The summed E-state index contributed by atoms with van der Waals surface area (Å²) in [4.78, 5) is 26.5. The molecule has 2 N–H and O–H groups in total. The first-order chi connectivity index (χ1) is 9.61. The summed E-state index contributed by atoms with van der Waals surface area (Å²) in [6.45, 7) is 1.39. The number of carbonyl (C=O) groups excluding carboxylic acids is 1. The van der Waals surface area contributed by atoms with E-state index in [2.05, 4.69) is 4.98 Å². The Morgan fingerprint density at radius 2 is 2.25 bits per heavy atom. The lowest BCUT2D eigenvalue weighted by molar-refractivity contribution is -0.384. The van der Waals surface area contributed by atoms with Crippen molar-refractivity contribution in [3.63, 3.8) is 0 Å². The third-order valence-corrected chi connectivity index (χ3v) is 3.28. The van der Waals surface area contributed by atoms with E-state index in [0.717, 1.165) is 0 Å². The van der Waals surface area contributed by atoms with E-state index in [0.29, 0.717) is 32.5 Å². The highest BCUT2D eigenvalue weighted by molar-refractivity contribution is 5.93. The number of aliphatic hydroxyl groups is 1. The van der Waals surface area contributed by atoms with Gasteiger partial charge in [0, 0.05) is 19.2 Å². The lowest BCUT2D eigenvalue weighted by Crippen LogP contribution is -2.41. The third kappa shape index (κ3) is 3.34. The topological polar surface area (TPSA) is 109 Å². The number of hydrogen-bond donors (Lipinski definition) is 2. The maximum atomic E-state index is 12.1. The molecule has 0 spiro atoms. The number of rotatable bonds is 5. The zero-order valence-electron chi connectivity index (χ0n) is 10.9. The van der Waals surface area contributed by atoms with E-state index in [4.69, 9.17) is 9.84 Å². The summed E-state index contributed by atoms with van der Waals surface area (Å²) in [5.74, 6) is -0.237. The predicted octanol–water partition coefficient (Wildman–Crippen LogP) is 0.536. The molecule has 0 atom stereocenters. The number of amides is 1. The largest absolute Gasteiger partial charge is 0.394 e. The number of piperidine rings is 1. The Balaban J connectivity index is 1.89. The Hall–Kier alpha value is -1.93. The van der Waals surface area contributed by atoms with Crippen molar-refractivity contribution >= 4 is 11.6 Å². The highest BCUT2D eigenvalue weighted by atomic mass is 16.6. The van der Waals surface area contributed by atoms with E-state index < -0.39 is 4.92 Å². The molecule has 0 aliphatic carbocycles. The summed E-state index contributed by atoms with van der Waals surface area (Å²) in [6.07, 6.45) is 2.68. The molecule has 8 heteroatoms. The van der Waals surface area contributed by atoms with Crippen LogP contribution in [0.4, 0.5) is 5.69 Å². The van der Waals surface area contributed by atoms with Crippen LogP contribution in [-0.4, -0.2) is 58.2 Å². The molecule has 1 aromatic heterocycles. The van der Waals surface area contributed by atoms with Crippen molar-refractivity contribution in [3.8, 4) is 0 Å². The highest BCUT2D eigenvalue weighted by Gasteiger charge is 2.25. The molecule has 110 valence electrons. The molecule has 0 bridgehead atoms. The van der Waals surface area contributed by atoms with Crippen LogP contribution in [0.5, 0.6) is 0 Å². The van der Waals surface area contributed by atoms with Gasteiger partial charge in [0.05, 0.1) is 30.4 Å². The minimum absolute atomic E-state index is 0.00864. The predicted molar refractivity (Wildman–Crippen MR) is 69.4 cm³/mol. The van der Waals surface area contributed by atoms with Crippen LogP contribution in [-0.2, 0) is 4.74 Å². The zero-order chi connectivity index (χ0) is 14.5. The van der Waals surface area contributed by atoms with Crippen LogP contribution in [0, 0.1) is 10.1 Å². The van der Waals surface area contributed by atoms with Crippen LogP contribution in [0.1, 0.15) is 23.3 Å². The van der Waals surface area contributed by atoms with Gasteiger partial charge in [0.2, 0.25) is 0 Å². The summed E-state index contributed by atoms with van der Waals surface area (Å²) in [5.41, 5.74) is 0.112. The monoisotopic (exact) mass is 283 g/mol. The molecule has 0 radical (unpaired) electrons. The lowest BCUT2D eigenvalue weighted by Gasteiger charge is -2.31. The molecule has 8 nitrogen and oxygen atoms in total. The average Bonchev–Trinajstić information content (AvgIpc) is 2.95. The molecule has 2 heterocycles. The molecular weight excluding hydrogens is 266 g/mol. The summed E-state index contributed by atoms with van der Waals surface area (Å²) in [7, 11) is 0. The van der Waals surface area contributed by atoms with Gasteiger partial charge >= 0.3 is 0 Å². The number of likely N-dealkylation sites (tertiary alicyclic amines) is 1. The number of nitro groups is 1. The molecule has 0 aromatic carbocycles. The van der Waals surface area contributed by atoms with Gasteiger partial charge in [-0.15, -0.1) is 0 Å². The van der Waals surface area contributed by atoms with Crippen molar-refractivity contribution < 1.29 is 19.6 Å². The smallest absolute Gasteiger partial charge is 0.287 e. The number of carbonyl (C=O) groups is 1. The van der Waals surface area contributed by atoms with Crippen molar-refractivity contribution in [1.82, 2.24) is 9.88 Å². The molecule has 20 heavy (non-hydrogen) atoms. The second-order valence-electron chi connectivity index (χ2n) is 4.61. The van der Waals surface area contributed by atoms with Gasteiger partial charge in [-0.25, -0.2) is 0 Å². The maximum Gasteiger partial charge on any atom is 0.287 e. The van der Waals surface area contributed by atoms with Crippen molar-refractivity contribution in [2.75, 3.05) is 26.3 Å². The number of aromatic amines is 1. The van der Waals surface area contributed by atoms with Gasteiger partial charge in [-0.3, -0.25) is 14.9 Å². The minimum Gasteiger partial charge on any atom is -0.394 e. The van der Waals surface area contributed by atoms with Crippen LogP contribution in [0.25, 0.3) is 0 Å². The van der Waals surface area contributed by atoms with Gasteiger partial charge in [0.25, 0.3) is 11.6 Å².